The number of rotatable bonds is 2. The minimum absolute atomic E-state index is 0.149. The van der Waals surface area contributed by atoms with E-state index in [1.54, 1.807) is 0 Å². The molecule has 0 spiro atoms. The van der Waals surface area contributed by atoms with Gasteiger partial charge >= 0.3 is 0 Å². The van der Waals surface area contributed by atoms with Gasteiger partial charge in [0.05, 0.1) is 12.6 Å². The smallest absolute Gasteiger partial charge is 0.251 e. The first-order valence-electron chi connectivity index (χ1n) is 7.33. The molecule has 1 amide bonds. The Hall–Kier alpha value is -1.39. The van der Waals surface area contributed by atoms with Gasteiger partial charge in [0.2, 0.25) is 0 Å². The van der Waals surface area contributed by atoms with Gasteiger partial charge in [0.15, 0.2) is 0 Å². The van der Waals surface area contributed by atoms with Crippen molar-refractivity contribution in [3.63, 3.8) is 0 Å². The summed E-state index contributed by atoms with van der Waals surface area (Å²) >= 11 is 0. The highest BCUT2D eigenvalue weighted by molar-refractivity contribution is 5.81. The predicted molar refractivity (Wildman–Crippen MR) is 77.4 cm³/mol. The molecule has 1 aromatic rings. The quantitative estimate of drug-likeness (QED) is 0.818. The molecular formula is C16H22N2O2. The molecule has 0 radical (unpaired) electrons. The topological polar surface area (TPSA) is 32.8 Å². The van der Waals surface area contributed by atoms with Crippen LogP contribution in [0.5, 0.6) is 0 Å². The molecule has 3 rings (SSSR count). The van der Waals surface area contributed by atoms with Gasteiger partial charge in [0.1, 0.15) is 6.10 Å². The fourth-order valence-electron chi connectivity index (χ4n) is 3.01. The van der Waals surface area contributed by atoms with Crippen LogP contribution in [-0.4, -0.2) is 54.1 Å². The van der Waals surface area contributed by atoms with Crippen LogP contribution in [0.3, 0.4) is 0 Å². The van der Waals surface area contributed by atoms with Crippen LogP contribution in [0, 0.1) is 6.92 Å². The van der Waals surface area contributed by atoms with E-state index in [1.165, 1.54) is 11.1 Å². The Labute approximate surface area is 120 Å². The molecule has 0 saturated carbocycles. The number of piperazine rings is 1. The van der Waals surface area contributed by atoms with Crippen molar-refractivity contribution < 1.29 is 9.53 Å². The number of nitrogens with zero attached hydrogens (tertiary/aromatic N) is 2. The molecule has 4 nitrogen and oxygen atoms in total. The van der Waals surface area contributed by atoms with Crippen molar-refractivity contribution in [2.75, 3.05) is 26.2 Å². The number of carbonyl (C=O) groups excluding carboxylic acids is 1. The predicted octanol–water partition coefficient (Wildman–Crippen LogP) is 1.43. The average molecular weight is 274 g/mol. The number of hydrogen-bond acceptors (Lipinski definition) is 3. The molecule has 2 fully saturated rings. The van der Waals surface area contributed by atoms with Gasteiger partial charge in [-0.15, -0.1) is 0 Å². The fourth-order valence-corrected chi connectivity index (χ4v) is 3.01. The zero-order chi connectivity index (χ0) is 14.1. The third kappa shape index (κ3) is 2.72. The van der Waals surface area contributed by atoms with Crippen LogP contribution in [-0.2, 0) is 16.1 Å². The minimum Gasteiger partial charge on any atom is -0.366 e. The average Bonchev–Trinajstić information content (AvgIpc) is 2.46. The van der Waals surface area contributed by atoms with Crippen LogP contribution < -0.4 is 0 Å². The molecule has 0 bridgehead atoms. The maximum Gasteiger partial charge on any atom is 0.251 e. The first-order chi connectivity index (χ1) is 9.63. The molecule has 0 aromatic heterocycles. The lowest BCUT2D eigenvalue weighted by Crippen LogP contribution is -2.61. The molecular weight excluding hydrogens is 252 g/mol. The van der Waals surface area contributed by atoms with Gasteiger partial charge in [-0.3, -0.25) is 9.69 Å². The van der Waals surface area contributed by atoms with Gasteiger partial charge in [-0.2, -0.15) is 0 Å². The summed E-state index contributed by atoms with van der Waals surface area (Å²) in [7, 11) is 0. The second kappa shape index (κ2) is 5.54. The van der Waals surface area contributed by atoms with Gasteiger partial charge in [-0.1, -0.05) is 29.8 Å². The van der Waals surface area contributed by atoms with E-state index < -0.39 is 0 Å². The molecule has 0 unspecified atom stereocenters. The number of ether oxygens (including phenoxy) is 1. The summed E-state index contributed by atoms with van der Waals surface area (Å²) in [6, 6.07) is 8.90. The van der Waals surface area contributed by atoms with Gasteiger partial charge < -0.3 is 9.64 Å². The zero-order valence-electron chi connectivity index (χ0n) is 12.2. The lowest BCUT2D eigenvalue weighted by molar-refractivity contribution is -0.162. The monoisotopic (exact) mass is 274 g/mol. The zero-order valence-corrected chi connectivity index (χ0v) is 12.2. The molecule has 2 atom stereocenters. The highest BCUT2D eigenvalue weighted by atomic mass is 16.5. The van der Waals surface area contributed by atoms with E-state index in [9.17, 15) is 4.79 Å². The summed E-state index contributed by atoms with van der Waals surface area (Å²) in [5, 5.41) is 0. The molecule has 0 aliphatic carbocycles. The highest BCUT2D eigenvalue weighted by Gasteiger charge is 2.37. The second-order valence-corrected chi connectivity index (χ2v) is 5.88. The minimum atomic E-state index is -0.269. The van der Waals surface area contributed by atoms with Crippen LogP contribution in [0.2, 0.25) is 0 Å². The van der Waals surface area contributed by atoms with Gasteiger partial charge in [0.25, 0.3) is 5.91 Å². The summed E-state index contributed by atoms with van der Waals surface area (Å²) in [5.74, 6) is 0.149. The molecule has 20 heavy (non-hydrogen) atoms. The van der Waals surface area contributed by atoms with E-state index in [0.29, 0.717) is 6.61 Å². The first-order valence-corrected chi connectivity index (χ1v) is 7.33. The molecule has 2 heterocycles. The summed E-state index contributed by atoms with van der Waals surface area (Å²) in [5.41, 5.74) is 2.62. The van der Waals surface area contributed by atoms with Crippen LogP contribution in [0.25, 0.3) is 0 Å². The SMILES string of the molecule is Cc1ccc(CN2CCN3C(=O)[C@@H](C)OC[C@@H]3C2)cc1. The van der Waals surface area contributed by atoms with E-state index in [-0.39, 0.29) is 18.1 Å². The van der Waals surface area contributed by atoms with Crippen molar-refractivity contribution >= 4 is 5.91 Å². The maximum atomic E-state index is 12.0. The largest absolute Gasteiger partial charge is 0.366 e. The molecule has 108 valence electrons. The number of morpholine rings is 1. The van der Waals surface area contributed by atoms with Crippen molar-refractivity contribution in [1.82, 2.24) is 9.80 Å². The highest BCUT2D eigenvalue weighted by Crippen LogP contribution is 2.19. The van der Waals surface area contributed by atoms with Gasteiger partial charge in [-0.05, 0) is 19.4 Å². The van der Waals surface area contributed by atoms with Crippen molar-refractivity contribution in [2.24, 2.45) is 0 Å². The molecule has 2 aliphatic heterocycles. The number of carbonyl (C=O) groups is 1. The standard InChI is InChI=1S/C16H22N2O2/c1-12-3-5-14(6-4-12)9-17-7-8-18-15(10-17)11-20-13(2)16(18)19/h3-6,13,15H,7-11H2,1-2H3/t13-,15+/m1/s1. The van der Waals surface area contributed by atoms with Crippen LogP contribution in [0.1, 0.15) is 18.1 Å². The van der Waals surface area contributed by atoms with E-state index in [1.807, 2.05) is 11.8 Å². The summed E-state index contributed by atoms with van der Waals surface area (Å²) in [4.78, 5) is 16.5. The van der Waals surface area contributed by atoms with Crippen molar-refractivity contribution in [2.45, 2.75) is 32.5 Å². The van der Waals surface area contributed by atoms with E-state index in [0.717, 1.165) is 26.2 Å². The van der Waals surface area contributed by atoms with Crippen LogP contribution in [0.15, 0.2) is 24.3 Å². The summed E-state index contributed by atoms with van der Waals surface area (Å²) in [6.45, 7) is 8.25. The van der Waals surface area contributed by atoms with E-state index >= 15 is 0 Å². The maximum absolute atomic E-state index is 12.0. The number of aryl methyl sites for hydroxylation is 1. The fraction of sp³-hybridized carbons (Fsp3) is 0.562. The molecule has 4 heteroatoms. The van der Waals surface area contributed by atoms with Crippen LogP contribution in [0.4, 0.5) is 0 Å². The second-order valence-electron chi connectivity index (χ2n) is 5.88. The Balaban J connectivity index is 1.62. The Bertz CT molecular complexity index is 486. The number of benzene rings is 1. The van der Waals surface area contributed by atoms with E-state index in [4.69, 9.17) is 4.74 Å². The lowest BCUT2D eigenvalue weighted by atomic mass is 10.1. The third-order valence-corrected chi connectivity index (χ3v) is 4.26. The van der Waals surface area contributed by atoms with Crippen LogP contribution >= 0.6 is 0 Å². The molecule has 0 N–H and O–H groups in total. The van der Waals surface area contributed by atoms with Gasteiger partial charge in [0, 0.05) is 26.2 Å². The Kier molecular flexibility index (Phi) is 3.76. The normalized spacial score (nSPS) is 27.5. The van der Waals surface area contributed by atoms with Crippen molar-refractivity contribution in [1.29, 1.82) is 0 Å². The van der Waals surface area contributed by atoms with Crippen molar-refractivity contribution in [3.8, 4) is 0 Å². The lowest BCUT2D eigenvalue weighted by Gasteiger charge is -2.45. The van der Waals surface area contributed by atoms with Crippen molar-refractivity contribution in [3.05, 3.63) is 35.4 Å². The van der Waals surface area contributed by atoms with Gasteiger partial charge in [-0.25, -0.2) is 0 Å². The molecule has 2 aliphatic rings. The summed E-state index contributed by atoms with van der Waals surface area (Å²) in [6.07, 6.45) is -0.269. The Morgan fingerprint density at radius 2 is 2.00 bits per heavy atom. The number of fused-ring (bicyclic) bond motifs is 1. The molecule has 1 aromatic carbocycles. The number of amides is 1. The van der Waals surface area contributed by atoms with E-state index in [2.05, 4.69) is 36.1 Å². The third-order valence-electron chi connectivity index (χ3n) is 4.26. The molecule has 2 saturated heterocycles. The Morgan fingerprint density at radius 1 is 1.25 bits per heavy atom. The first kappa shape index (κ1) is 13.6. The summed E-state index contributed by atoms with van der Waals surface area (Å²) < 4.78 is 5.56. The Morgan fingerprint density at radius 3 is 2.75 bits per heavy atom. The number of hydrogen-bond donors (Lipinski definition) is 0.